The van der Waals surface area contributed by atoms with Gasteiger partial charge in [-0.2, -0.15) is 8.75 Å². The van der Waals surface area contributed by atoms with E-state index in [9.17, 15) is 0 Å². The molecule has 0 aliphatic heterocycles. The maximum absolute atomic E-state index is 5.94. The molecule has 0 bridgehead atoms. The lowest BCUT2D eigenvalue weighted by Gasteiger charge is -2.06. The number of aryl methyl sites for hydroxylation is 1. The summed E-state index contributed by atoms with van der Waals surface area (Å²) in [6.45, 7) is 2.01. The van der Waals surface area contributed by atoms with Gasteiger partial charge in [0.15, 0.2) is 5.15 Å². The second kappa shape index (κ2) is 4.16. The van der Waals surface area contributed by atoms with Gasteiger partial charge in [0.25, 0.3) is 0 Å². The molecule has 0 atom stereocenters. The molecule has 15 heavy (non-hydrogen) atoms. The van der Waals surface area contributed by atoms with Crippen molar-refractivity contribution in [2.24, 2.45) is 0 Å². The smallest absolute Gasteiger partial charge is 0.171 e. The first-order valence-electron chi connectivity index (χ1n) is 4.35. The van der Waals surface area contributed by atoms with Crippen molar-refractivity contribution in [2.75, 3.05) is 7.11 Å². The van der Waals surface area contributed by atoms with Crippen molar-refractivity contribution in [3.8, 4) is 17.0 Å². The summed E-state index contributed by atoms with van der Waals surface area (Å²) in [6.07, 6.45) is 0. The summed E-state index contributed by atoms with van der Waals surface area (Å²) in [5, 5.41) is 0.420. The van der Waals surface area contributed by atoms with Gasteiger partial charge in [-0.05, 0) is 19.1 Å². The topological polar surface area (TPSA) is 35.0 Å². The minimum atomic E-state index is 0.420. The van der Waals surface area contributed by atoms with E-state index in [0.717, 1.165) is 28.6 Å². The lowest BCUT2D eigenvalue weighted by atomic mass is 10.1. The third-order valence-electron chi connectivity index (χ3n) is 2.06. The highest BCUT2D eigenvalue weighted by atomic mass is 35.5. The fraction of sp³-hybridized carbons (Fsp3) is 0.200. The molecule has 0 fully saturated rings. The highest BCUT2D eigenvalue weighted by molar-refractivity contribution is 6.99. The maximum atomic E-state index is 5.94. The molecule has 5 heteroatoms. The minimum Gasteiger partial charge on any atom is -0.496 e. The van der Waals surface area contributed by atoms with E-state index in [4.69, 9.17) is 16.3 Å². The van der Waals surface area contributed by atoms with Crippen molar-refractivity contribution >= 4 is 23.3 Å². The van der Waals surface area contributed by atoms with Gasteiger partial charge >= 0.3 is 0 Å². The number of halogens is 1. The second-order valence-corrected chi connectivity index (χ2v) is 3.99. The zero-order chi connectivity index (χ0) is 10.8. The fourth-order valence-electron chi connectivity index (χ4n) is 1.35. The van der Waals surface area contributed by atoms with Crippen LogP contribution in [0.15, 0.2) is 18.2 Å². The van der Waals surface area contributed by atoms with Crippen LogP contribution in [0.4, 0.5) is 0 Å². The predicted molar refractivity (Wildman–Crippen MR) is 61.6 cm³/mol. The highest BCUT2D eigenvalue weighted by Crippen LogP contribution is 2.33. The van der Waals surface area contributed by atoms with Crippen LogP contribution in [0.2, 0.25) is 5.15 Å². The van der Waals surface area contributed by atoms with E-state index in [1.54, 1.807) is 7.11 Å². The van der Waals surface area contributed by atoms with Crippen LogP contribution in [0.25, 0.3) is 11.3 Å². The number of nitrogens with zero attached hydrogens (tertiary/aromatic N) is 2. The lowest BCUT2D eigenvalue weighted by molar-refractivity contribution is 0.416. The summed E-state index contributed by atoms with van der Waals surface area (Å²) in [5.41, 5.74) is 2.70. The van der Waals surface area contributed by atoms with Crippen LogP contribution in [0.1, 0.15) is 5.56 Å². The predicted octanol–water partition coefficient (Wildman–Crippen LogP) is 3.18. The van der Waals surface area contributed by atoms with Crippen LogP contribution in [-0.4, -0.2) is 15.9 Å². The first-order chi connectivity index (χ1) is 7.22. The van der Waals surface area contributed by atoms with Gasteiger partial charge in [0.1, 0.15) is 11.4 Å². The van der Waals surface area contributed by atoms with Crippen LogP contribution >= 0.6 is 23.3 Å². The van der Waals surface area contributed by atoms with E-state index < -0.39 is 0 Å². The monoisotopic (exact) mass is 240 g/mol. The minimum absolute atomic E-state index is 0.420. The van der Waals surface area contributed by atoms with Crippen molar-refractivity contribution in [3.05, 3.63) is 28.9 Å². The number of hydrogen-bond acceptors (Lipinski definition) is 4. The van der Waals surface area contributed by atoms with Gasteiger partial charge in [0.05, 0.1) is 18.8 Å². The average molecular weight is 241 g/mol. The normalized spacial score (nSPS) is 10.3. The molecule has 0 aliphatic rings. The Labute approximate surface area is 97.0 Å². The van der Waals surface area contributed by atoms with Crippen LogP contribution in [-0.2, 0) is 0 Å². The molecule has 2 rings (SSSR count). The number of ether oxygens (including phenoxy) is 1. The van der Waals surface area contributed by atoms with Crippen molar-refractivity contribution < 1.29 is 4.74 Å². The van der Waals surface area contributed by atoms with E-state index in [0.29, 0.717) is 10.8 Å². The quantitative estimate of drug-likeness (QED) is 0.809. The Hall–Kier alpha value is -1.13. The Morgan fingerprint density at radius 2 is 2.13 bits per heavy atom. The summed E-state index contributed by atoms with van der Waals surface area (Å²) >= 11 is 7.04. The Morgan fingerprint density at radius 3 is 2.73 bits per heavy atom. The van der Waals surface area contributed by atoms with Crippen LogP contribution in [0.5, 0.6) is 5.75 Å². The van der Waals surface area contributed by atoms with E-state index >= 15 is 0 Å². The van der Waals surface area contributed by atoms with E-state index in [1.165, 1.54) is 0 Å². The largest absolute Gasteiger partial charge is 0.496 e. The van der Waals surface area contributed by atoms with Gasteiger partial charge in [-0.1, -0.05) is 23.2 Å². The molecular weight excluding hydrogens is 232 g/mol. The first-order valence-corrected chi connectivity index (χ1v) is 5.46. The molecule has 2 aromatic rings. The van der Waals surface area contributed by atoms with E-state index in [-0.39, 0.29) is 0 Å². The third-order valence-corrected chi connectivity index (χ3v) is 2.95. The molecule has 1 heterocycles. The zero-order valence-electron chi connectivity index (χ0n) is 8.32. The molecule has 0 unspecified atom stereocenters. The Morgan fingerprint density at radius 1 is 1.33 bits per heavy atom. The van der Waals surface area contributed by atoms with Gasteiger partial charge in [-0.3, -0.25) is 0 Å². The summed E-state index contributed by atoms with van der Waals surface area (Å²) in [5.74, 6) is 0.759. The molecule has 0 amide bonds. The number of methoxy groups -OCH3 is 1. The van der Waals surface area contributed by atoms with Crippen molar-refractivity contribution in [3.63, 3.8) is 0 Å². The molecule has 0 saturated carbocycles. The van der Waals surface area contributed by atoms with Crippen LogP contribution in [0, 0.1) is 6.92 Å². The van der Waals surface area contributed by atoms with Gasteiger partial charge in [0, 0.05) is 5.56 Å². The molecule has 0 saturated heterocycles. The van der Waals surface area contributed by atoms with Gasteiger partial charge < -0.3 is 4.74 Å². The molecule has 0 aliphatic carbocycles. The Kier molecular flexibility index (Phi) is 2.88. The number of rotatable bonds is 2. The van der Waals surface area contributed by atoms with Crippen molar-refractivity contribution in [2.45, 2.75) is 6.92 Å². The molecule has 3 nitrogen and oxygen atoms in total. The summed E-state index contributed by atoms with van der Waals surface area (Å²) < 4.78 is 13.4. The summed E-state index contributed by atoms with van der Waals surface area (Å²) in [6, 6.07) is 5.87. The molecule has 78 valence electrons. The third kappa shape index (κ3) is 1.96. The number of aromatic nitrogens is 2. The Bertz CT molecular complexity index is 484. The van der Waals surface area contributed by atoms with Crippen molar-refractivity contribution in [1.29, 1.82) is 0 Å². The number of benzene rings is 1. The second-order valence-electron chi connectivity index (χ2n) is 3.11. The molecule has 1 aromatic carbocycles. The summed E-state index contributed by atoms with van der Waals surface area (Å²) in [4.78, 5) is 0. The molecule has 0 radical (unpaired) electrons. The summed E-state index contributed by atoms with van der Waals surface area (Å²) in [7, 11) is 1.63. The van der Waals surface area contributed by atoms with Crippen molar-refractivity contribution in [1.82, 2.24) is 8.75 Å². The molecule has 1 aromatic heterocycles. The molecule has 0 spiro atoms. The molecule has 0 N–H and O–H groups in total. The van der Waals surface area contributed by atoms with Crippen LogP contribution < -0.4 is 4.74 Å². The van der Waals surface area contributed by atoms with Gasteiger partial charge in [-0.25, -0.2) is 0 Å². The van der Waals surface area contributed by atoms with E-state index in [1.807, 2.05) is 25.1 Å². The Balaban J connectivity index is 2.60. The maximum Gasteiger partial charge on any atom is 0.171 e. The standard InChI is InChI=1S/C10H9ClN2OS/c1-6-3-4-8(14-2)7(5-6)9-10(11)13-15-12-9/h3-5H,1-2H3. The zero-order valence-corrected chi connectivity index (χ0v) is 9.89. The van der Waals surface area contributed by atoms with Gasteiger partial charge in [-0.15, -0.1) is 0 Å². The highest BCUT2D eigenvalue weighted by Gasteiger charge is 2.13. The first kappa shape index (κ1) is 10.4. The average Bonchev–Trinajstić information content (AvgIpc) is 2.64. The fourth-order valence-corrected chi connectivity index (χ4v) is 2.10. The SMILES string of the molecule is COc1ccc(C)cc1-c1nsnc1Cl. The van der Waals surface area contributed by atoms with E-state index in [2.05, 4.69) is 8.75 Å². The lowest BCUT2D eigenvalue weighted by Crippen LogP contribution is -1.89. The van der Waals surface area contributed by atoms with Gasteiger partial charge in [0.2, 0.25) is 0 Å². The number of hydrogen-bond donors (Lipinski definition) is 0. The molecular formula is C10H9ClN2OS. The van der Waals surface area contributed by atoms with Crippen LogP contribution in [0.3, 0.4) is 0 Å².